The number of rotatable bonds is 3. The molecule has 2 aliphatic heterocycles. The summed E-state index contributed by atoms with van der Waals surface area (Å²) >= 11 is 0. The van der Waals surface area contributed by atoms with Crippen molar-refractivity contribution in [3.63, 3.8) is 0 Å². The summed E-state index contributed by atoms with van der Waals surface area (Å²) in [6.45, 7) is 1.59. The van der Waals surface area contributed by atoms with Crippen LogP contribution in [0.15, 0.2) is 24.3 Å². The normalized spacial score (nSPS) is 30.3. The Morgan fingerprint density at radius 3 is 2.26 bits per heavy atom. The molecular formula is C16H21NO2. The Bertz CT molecular complexity index is 454. The van der Waals surface area contributed by atoms with Gasteiger partial charge in [-0.2, -0.15) is 0 Å². The van der Waals surface area contributed by atoms with Crippen LogP contribution < -0.4 is 4.74 Å². The number of fused-ring (bicyclic) bond motifs is 2. The first-order chi connectivity index (χ1) is 9.13. The topological polar surface area (TPSA) is 29.5 Å². The van der Waals surface area contributed by atoms with Crippen LogP contribution >= 0.6 is 0 Å². The largest absolute Gasteiger partial charge is 0.490 e. The molecule has 0 aromatic heterocycles. The van der Waals surface area contributed by atoms with E-state index in [1.807, 2.05) is 24.3 Å². The third-order valence-electron chi connectivity index (χ3n) is 4.62. The molecule has 3 rings (SSSR count). The molecule has 0 radical (unpaired) electrons. The number of ether oxygens (including phenoxy) is 1. The van der Waals surface area contributed by atoms with Gasteiger partial charge >= 0.3 is 0 Å². The zero-order valence-corrected chi connectivity index (χ0v) is 11.6. The molecule has 102 valence electrons. The SMILES string of the molecule is CC(=O)c1ccc(OC2CC3CCC(C2)N3C)cc1. The van der Waals surface area contributed by atoms with E-state index in [0.717, 1.165) is 24.2 Å². The Balaban J connectivity index is 1.64. The third kappa shape index (κ3) is 2.52. The molecule has 0 saturated carbocycles. The molecular weight excluding hydrogens is 238 g/mol. The van der Waals surface area contributed by atoms with E-state index in [0.29, 0.717) is 18.2 Å². The number of ketones is 1. The quantitative estimate of drug-likeness (QED) is 0.782. The van der Waals surface area contributed by atoms with Crippen LogP contribution in [0.3, 0.4) is 0 Å². The smallest absolute Gasteiger partial charge is 0.159 e. The first-order valence-corrected chi connectivity index (χ1v) is 7.13. The number of hydrogen-bond acceptors (Lipinski definition) is 3. The van der Waals surface area contributed by atoms with Gasteiger partial charge in [0, 0.05) is 17.6 Å². The molecule has 0 spiro atoms. The lowest BCUT2D eigenvalue weighted by Crippen LogP contribution is -2.43. The number of nitrogens with zero attached hydrogens (tertiary/aromatic N) is 1. The fourth-order valence-corrected chi connectivity index (χ4v) is 3.42. The van der Waals surface area contributed by atoms with Crippen LogP contribution in [0.25, 0.3) is 0 Å². The Hall–Kier alpha value is -1.35. The molecule has 0 aliphatic carbocycles. The Morgan fingerprint density at radius 2 is 1.74 bits per heavy atom. The summed E-state index contributed by atoms with van der Waals surface area (Å²) in [6.07, 6.45) is 5.20. The zero-order valence-electron chi connectivity index (χ0n) is 11.6. The number of piperidine rings is 1. The molecule has 2 saturated heterocycles. The summed E-state index contributed by atoms with van der Waals surface area (Å²) < 4.78 is 6.08. The Kier molecular flexibility index (Phi) is 3.31. The molecule has 2 fully saturated rings. The number of benzene rings is 1. The molecule has 0 amide bonds. The summed E-state index contributed by atoms with van der Waals surface area (Å²) in [5.41, 5.74) is 0.746. The molecule has 2 unspecified atom stereocenters. The predicted molar refractivity (Wildman–Crippen MR) is 74.7 cm³/mol. The van der Waals surface area contributed by atoms with Gasteiger partial charge in [0.15, 0.2) is 5.78 Å². The van der Waals surface area contributed by atoms with Crippen molar-refractivity contribution >= 4 is 5.78 Å². The summed E-state index contributed by atoms with van der Waals surface area (Å²) in [5, 5.41) is 0. The van der Waals surface area contributed by atoms with Crippen molar-refractivity contribution in [2.45, 2.75) is 50.8 Å². The lowest BCUT2D eigenvalue weighted by molar-refractivity contribution is 0.0661. The maximum atomic E-state index is 11.2. The van der Waals surface area contributed by atoms with Crippen LogP contribution in [0.5, 0.6) is 5.75 Å². The van der Waals surface area contributed by atoms with Gasteiger partial charge in [-0.1, -0.05) is 0 Å². The van der Waals surface area contributed by atoms with E-state index in [-0.39, 0.29) is 5.78 Å². The van der Waals surface area contributed by atoms with Crippen LogP contribution in [-0.2, 0) is 0 Å². The maximum absolute atomic E-state index is 11.2. The summed E-state index contributed by atoms with van der Waals surface area (Å²) in [6, 6.07) is 8.91. The highest BCUT2D eigenvalue weighted by molar-refractivity contribution is 5.94. The van der Waals surface area contributed by atoms with E-state index in [2.05, 4.69) is 11.9 Å². The number of Topliss-reactive ketones (excluding diaryl/α,β-unsaturated/α-hetero) is 1. The lowest BCUT2D eigenvalue weighted by Gasteiger charge is -2.36. The molecule has 2 heterocycles. The minimum Gasteiger partial charge on any atom is -0.490 e. The maximum Gasteiger partial charge on any atom is 0.159 e. The van der Waals surface area contributed by atoms with Gasteiger partial charge in [-0.05, 0) is 63.9 Å². The molecule has 1 aromatic rings. The van der Waals surface area contributed by atoms with E-state index >= 15 is 0 Å². The molecule has 2 bridgehead atoms. The van der Waals surface area contributed by atoms with Gasteiger partial charge < -0.3 is 9.64 Å². The van der Waals surface area contributed by atoms with Gasteiger partial charge in [0.05, 0.1) is 0 Å². The van der Waals surface area contributed by atoms with Crippen LogP contribution in [0.1, 0.15) is 43.0 Å². The fourth-order valence-electron chi connectivity index (χ4n) is 3.42. The van der Waals surface area contributed by atoms with Crippen molar-refractivity contribution in [2.24, 2.45) is 0 Å². The number of hydrogen-bond donors (Lipinski definition) is 0. The fraction of sp³-hybridized carbons (Fsp3) is 0.562. The van der Waals surface area contributed by atoms with Gasteiger partial charge in [-0.15, -0.1) is 0 Å². The molecule has 3 nitrogen and oxygen atoms in total. The second kappa shape index (κ2) is 4.97. The molecule has 0 N–H and O–H groups in total. The van der Waals surface area contributed by atoms with Crippen molar-refractivity contribution in [1.29, 1.82) is 0 Å². The highest BCUT2D eigenvalue weighted by atomic mass is 16.5. The third-order valence-corrected chi connectivity index (χ3v) is 4.62. The van der Waals surface area contributed by atoms with Crippen molar-refractivity contribution in [1.82, 2.24) is 4.90 Å². The number of carbonyl (C=O) groups excluding carboxylic acids is 1. The molecule has 19 heavy (non-hydrogen) atoms. The van der Waals surface area contributed by atoms with Crippen LogP contribution in [0.2, 0.25) is 0 Å². The Labute approximate surface area is 114 Å². The first-order valence-electron chi connectivity index (χ1n) is 7.13. The lowest BCUT2D eigenvalue weighted by atomic mass is 10.0. The first kappa shape index (κ1) is 12.7. The van der Waals surface area contributed by atoms with Crippen molar-refractivity contribution < 1.29 is 9.53 Å². The van der Waals surface area contributed by atoms with E-state index in [1.54, 1.807) is 6.92 Å². The average molecular weight is 259 g/mol. The van der Waals surface area contributed by atoms with Crippen molar-refractivity contribution in [2.75, 3.05) is 7.05 Å². The molecule has 1 aromatic carbocycles. The highest BCUT2D eigenvalue weighted by Crippen LogP contribution is 2.35. The average Bonchev–Trinajstić information content (AvgIpc) is 2.63. The monoisotopic (exact) mass is 259 g/mol. The zero-order chi connectivity index (χ0) is 13.4. The standard InChI is InChI=1S/C16H21NO2/c1-11(18)12-3-7-15(8-4-12)19-16-9-13-5-6-14(10-16)17(13)2/h3-4,7-8,13-14,16H,5-6,9-10H2,1-2H3. The summed E-state index contributed by atoms with van der Waals surface area (Å²) in [5.74, 6) is 0.989. The van der Waals surface area contributed by atoms with Gasteiger partial charge in [0.25, 0.3) is 0 Å². The molecule has 3 heteroatoms. The highest BCUT2D eigenvalue weighted by Gasteiger charge is 2.39. The van der Waals surface area contributed by atoms with Crippen molar-refractivity contribution in [3.05, 3.63) is 29.8 Å². The molecule has 2 aliphatic rings. The van der Waals surface area contributed by atoms with Crippen LogP contribution in [0, 0.1) is 0 Å². The molecule has 2 atom stereocenters. The van der Waals surface area contributed by atoms with Gasteiger partial charge in [-0.25, -0.2) is 0 Å². The van der Waals surface area contributed by atoms with Crippen molar-refractivity contribution in [3.8, 4) is 5.75 Å². The van der Waals surface area contributed by atoms with Gasteiger partial charge in [-0.3, -0.25) is 4.79 Å². The van der Waals surface area contributed by atoms with Gasteiger partial charge in [0.1, 0.15) is 11.9 Å². The number of carbonyl (C=O) groups is 1. The minimum absolute atomic E-state index is 0.101. The second-order valence-corrected chi connectivity index (χ2v) is 5.84. The van der Waals surface area contributed by atoms with E-state index in [1.165, 1.54) is 12.8 Å². The van der Waals surface area contributed by atoms with Gasteiger partial charge in [0.2, 0.25) is 0 Å². The van der Waals surface area contributed by atoms with Crippen LogP contribution in [0.4, 0.5) is 0 Å². The second-order valence-electron chi connectivity index (χ2n) is 5.84. The summed E-state index contributed by atoms with van der Waals surface area (Å²) in [4.78, 5) is 13.7. The minimum atomic E-state index is 0.101. The van der Waals surface area contributed by atoms with Crippen LogP contribution in [-0.4, -0.2) is 35.9 Å². The van der Waals surface area contributed by atoms with E-state index in [4.69, 9.17) is 4.74 Å². The predicted octanol–water partition coefficient (Wildman–Crippen LogP) is 2.89. The van der Waals surface area contributed by atoms with E-state index in [9.17, 15) is 4.79 Å². The summed E-state index contributed by atoms with van der Waals surface area (Å²) in [7, 11) is 2.24. The Morgan fingerprint density at radius 1 is 1.16 bits per heavy atom. The van der Waals surface area contributed by atoms with E-state index < -0.39 is 0 Å².